The van der Waals surface area contributed by atoms with Crippen molar-refractivity contribution in [2.24, 2.45) is 0 Å². The van der Waals surface area contributed by atoms with Gasteiger partial charge < -0.3 is 4.42 Å². The van der Waals surface area contributed by atoms with Gasteiger partial charge in [-0.1, -0.05) is 95.2 Å². The van der Waals surface area contributed by atoms with Gasteiger partial charge in [-0.15, -0.1) is 0 Å². The maximum atomic E-state index is 15.2. The molecule has 0 amide bonds. The van der Waals surface area contributed by atoms with E-state index in [4.69, 9.17) is 4.42 Å². The molecule has 0 fully saturated rings. The third-order valence-electron chi connectivity index (χ3n) is 6.03. The molecule has 31 heavy (non-hydrogen) atoms. The van der Waals surface area contributed by atoms with Gasteiger partial charge in [0, 0.05) is 12.0 Å². The van der Waals surface area contributed by atoms with Crippen LogP contribution in [-0.2, 0) is 12.8 Å². The number of fused-ring (bicyclic) bond motifs is 1. The van der Waals surface area contributed by atoms with E-state index in [1.165, 1.54) is 37.7 Å². The summed E-state index contributed by atoms with van der Waals surface area (Å²) < 4.78 is 20.7. The smallest absolute Gasteiger partial charge is 0.346 e. The lowest BCUT2D eigenvalue weighted by atomic mass is 9.98. The van der Waals surface area contributed by atoms with Crippen molar-refractivity contribution in [3.05, 3.63) is 70.0 Å². The highest BCUT2D eigenvalue weighted by Crippen LogP contribution is 2.28. The normalized spacial score (nSPS) is 11.3. The average molecular weight is 423 g/mol. The van der Waals surface area contributed by atoms with Gasteiger partial charge in [0.1, 0.15) is 17.0 Å². The molecule has 0 aliphatic carbocycles. The minimum Gasteiger partial charge on any atom is -0.427 e. The summed E-state index contributed by atoms with van der Waals surface area (Å²) in [6, 6.07) is 13.4. The molecule has 0 radical (unpaired) electrons. The summed E-state index contributed by atoms with van der Waals surface area (Å²) in [4.78, 5) is 12.6. The Hall–Kier alpha value is -2.42. The van der Waals surface area contributed by atoms with Crippen LogP contribution in [0.15, 0.2) is 51.7 Å². The van der Waals surface area contributed by atoms with Crippen molar-refractivity contribution in [2.75, 3.05) is 0 Å². The number of hydrogen-bond acceptors (Lipinski definition) is 2. The Morgan fingerprint density at radius 1 is 0.774 bits per heavy atom. The largest absolute Gasteiger partial charge is 0.427 e. The van der Waals surface area contributed by atoms with Crippen LogP contribution in [0.5, 0.6) is 0 Å². The van der Waals surface area contributed by atoms with Crippen LogP contribution in [0, 0.1) is 5.82 Å². The van der Waals surface area contributed by atoms with E-state index >= 15 is 4.39 Å². The Labute approximate surface area is 185 Å². The minimum atomic E-state index is -0.575. The first-order valence-corrected chi connectivity index (χ1v) is 12.0. The van der Waals surface area contributed by atoms with Gasteiger partial charge in [-0.3, -0.25) is 0 Å². The minimum absolute atomic E-state index is 0.0517. The molecule has 0 N–H and O–H groups in total. The molecule has 1 heterocycles. The fourth-order valence-electron chi connectivity index (χ4n) is 4.13. The highest BCUT2D eigenvalue weighted by atomic mass is 19.1. The van der Waals surface area contributed by atoms with Gasteiger partial charge in [0.25, 0.3) is 0 Å². The van der Waals surface area contributed by atoms with Crippen LogP contribution in [0.3, 0.4) is 0 Å². The summed E-state index contributed by atoms with van der Waals surface area (Å²) in [5.74, 6) is 0.161. The Bertz CT molecular complexity index is 1020. The van der Waals surface area contributed by atoms with Gasteiger partial charge >= 0.3 is 5.63 Å². The van der Waals surface area contributed by atoms with E-state index in [9.17, 15) is 4.79 Å². The SMILES string of the molecule is CCCCCCCCCc1cc2ccc(-c3ccc(CCCC)cc3)c(F)c2c(=O)o1. The van der Waals surface area contributed by atoms with Crippen molar-refractivity contribution in [2.45, 2.75) is 84.5 Å². The lowest BCUT2D eigenvalue weighted by molar-refractivity contribution is 0.452. The van der Waals surface area contributed by atoms with Gasteiger partial charge in [0.2, 0.25) is 0 Å². The maximum Gasteiger partial charge on any atom is 0.346 e. The molecule has 0 saturated carbocycles. The molecule has 0 spiro atoms. The Kier molecular flexibility index (Phi) is 8.87. The summed E-state index contributed by atoms with van der Waals surface area (Å²) in [5, 5.41) is 0.672. The molecular formula is C28H35FO2. The zero-order valence-corrected chi connectivity index (χ0v) is 19.0. The molecule has 0 aliphatic heterocycles. The molecule has 3 aromatic rings. The van der Waals surface area contributed by atoms with Crippen LogP contribution in [0.4, 0.5) is 4.39 Å². The zero-order valence-electron chi connectivity index (χ0n) is 19.0. The summed E-state index contributed by atoms with van der Waals surface area (Å²) in [7, 11) is 0. The lowest BCUT2D eigenvalue weighted by Crippen LogP contribution is -2.05. The van der Waals surface area contributed by atoms with Crippen molar-refractivity contribution in [3.63, 3.8) is 0 Å². The first-order chi connectivity index (χ1) is 15.1. The second-order valence-corrected chi connectivity index (χ2v) is 8.56. The third kappa shape index (κ3) is 6.29. The summed E-state index contributed by atoms with van der Waals surface area (Å²) in [5.41, 5.74) is 1.91. The Morgan fingerprint density at radius 2 is 1.45 bits per heavy atom. The fourth-order valence-corrected chi connectivity index (χ4v) is 4.13. The van der Waals surface area contributed by atoms with Gasteiger partial charge in [0.05, 0.1) is 0 Å². The van der Waals surface area contributed by atoms with Crippen LogP contribution in [0.25, 0.3) is 21.9 Å². The predicted molar refractivity (Wildman–Crippen MR) is 128 cm³/mol. The molecule has 3 rings (SSSR count). The molecule has 0 aliphatic rings. The number of aryl methyl sites for hydroxylation is 2. The first-order valence-electron chi connectivity index (χ1n) is 12.0. The molecule has 0 unspecified atom stereocenters. The van der Waals surface area contributed by atoms with E-state index in [0.717, 1.165) is 44.1 Å². The van der Waals surface area contributed by atoms with Crippen molar-refractivity contribution in [1.29, 1.82) is 0 Å². The summed E-state index contributed by atoms with van der Waals surface area (Å²) in [6.07, 6.45) is 12.5. The molecule has 166 valence electrons. The van der Waals surface area contributed by atoms with E-state index < -0.39 is 11.4 Å². The number of rotatable bonds is 12. The number of hydrogen-bond donors (Lipinski definition) is 0. The van der Waals surface area contributed by atoms with E-state index in [-0.39, 0.29) is 5.39 Å². The fraction of sp³-hybridized carbons (Fsp3) is 0.464. The van der Waals surface area contributed by atoms with Crippen LogP contribution >= 0.6 is 0 Å². The monoisotopic (exact) mass is 422 g/mol. The average Bonchev–Trinajstić information content (AvgIpc) is 2.77. The van der Waals surface area contributed by atoms with E-state index in [1.54, 1.807) is 6.07 Å². The number of benzene rings is 2. The second-order valence-electron chi connectivity index (χ2n) is 8.56. The van der Waals surface area contributed by atoms with Gasteiger partial charge in [-0.2, -0.15) is 0 Å². The first kappa shape index (κ1) is 23.2. The molecule has 2 nitrogen and oxygen atoms in total. The van der Waals surface area contributed by atoms with Gasteiger partial charge in [-0.05, 0) is 41.8 Å². The molecule has 2 aromatic carbocycles. The Morgan fingerprint density at radius 3 is 2.16 bits per heavy atom. The van der Waals surface area contributed by atoms with Crippen LogP contribution in [-0.4, -0.2) is 0 Å². The van der Waals surface area contributed by atoms with E-state index in [1.807, 2.05) is 36.4 Å². The van der Waals surface area contributed by atoms with Crippen molar-refractivity contribution < 1.29 is 8.81 Å². The maximum absolute atomic E-state index is 15.2. The number of unbranched alkanes of at least 4 members (excludes halogenated alkanes) is 7. The highest BCUT2D eigenvalue weighted by molar-refractivity contribution is 5.87. The van der Waals surface area contributed by atoms with Crippen molar-refractivity contribution >= 4 is 10.8 Å². The highest BCUT2D eigenvalue weighted by Gasteiger charge is 2.15. The molecule has 0 atom stereocenters. The van der Waals surface area contributed by atoms with E-state index in [2.05, 4.69) is 13.8 Å². The predicted octanol–water partition coefficient (Wildman–Crippen LogP) is 8.23. The van der Waals surface area contributed by atoms with Gasteiger partial charge in [-0.25, -0.2) is 9.18 Å². The molecule has 0 saturated heterocycles. The van der Waals surface area contributed by atoms with Gasteiger partial charge in [0.15, 0.2) is 0 Å². The second kappa shape index (κ2) is 11.8. The van der Waals surface area contributed by atoms with Crippen LogP contribution in [0.1, 0.15) is 83.0 Å². The number of halogens is 1. The molecule has 3 heteroatoms. The van der Waals surface area contributed by atoms with Crippen molar-refractivity contribution in [3.8, 4) is 11.1 Å². The van der Waals surface area contributed by atoms with E-state index in [0.29, 0.717) is 16.7 Å². The third-order valence-corrected chi connectivity index (χ3v) is 6.03. The van der Waals surface area contributed by atoms with Crippen LogP contribution in [0.2, 0.25) is 0 Å². The zero-order chi connectivity index (χ0) is 22.1. The summed E-state index contributed by atoms with van der Waals surface area (Å²) in [6.45, 7) is 4.39. The van der Waals surface area contributed by atoms with Crippen LogP contribution < -0.4 is 5.63 Å². The molecule has 1 aromatic heterocycles. The summed E-state index contributed by atoms with van der Waals surface area (Å²) >= 11 is 0. The van der Waals surface area contributed by atoms with Crippen molar-refractivity contribution in [1.82, 2.24) is 0 Å². The lowest BCUT2D eigenvalue weighted by Gasteiger charge is -2.09. The quantitative estimate of drug-likeness (QED) is 0.275. The Balaban J connectivity index is 1.72. The molecular weight excluding hydrogens is 387 g/mol. The molecule has 0 bridgehead atoms. The standard InChI is InChI=1S/C28H35FO2/c1-3-5-7-8-9-10-11-13-24-20-23-18-19-25(27(29)26(23)28(30)31-24)22-16-14-21(15-17-22)12-6-4-2/h14-20H,3-13H2,1-2H3. The topological polar surface area (TPSA) is 30.2 Å².